The van der Waals surface area contributed by atoms with Crippen LogP contribution in [-0.2, 0) is 14.4 Å². The van der Waals surface area contributed by atoms with Crippen molar-refractivity contribution in [2.75, 3.05) is 50.7 Å². The highest BCUT2D eigenvalue weighted by Gasteiger charge is 2.44. The third-order valence-electron chi connectivity index (χ3n) is 7.70. The van der Waals surface area contributed by atoms with Crippen molar-refractivity contribution in [3.05, 3.63) is 29.3 Å². The lowest BCUT2D eigenvalue weighted by atomic mass is 10.0. The van der Waals surface area contributed by atoms with Crippen LogP contribution in [0, 0.1) is 0 Å². The fourth-order valence-corrected chi connectivity index (χ4v) is 5.45. The molecule has 0 saturated carbocycles. The molecule has 1 aromatic carbocycles. The van der Waals surface area contributed by atoms with Crippen molar-refractivity contribution in [3.8, 4) is 0 Å². The maximum Gasteiger partial charge on any atom is 0.262 e. The van der Waals surface area contributed by atoms with Gasteiger partial charge in [-0.15, -0.1) is 0 Å². The molecule has 1 unspecified atom stereocenters. The molecule has 0 radical (unpaired) electrons. The van der Waals surface area contributed by atoms with Crippen molar-refractivity contribution in [3.63, 3.8) is 0 Å². The molecule has 0 bridgehead atoms. The number of piperidine rings is 2. The Labute approximate surface area is 209 Å². The first-order valence-electron chi connectivity index (χ1n) is 12.7. The molecule has 36 heavy (non-hydrogen) atoms. The maximum atomic E-state index is 13.1. The smallest absolute Gasteiger partial charge is 0.262 e. The second kappa shape index (κ2) is 9.98. The summed E-state index contributed by atoms with van der Waals surface area (Å²) in [7, 11) is 0. The molecule has 192 valence electrons. The van der Waals surface area contributed by atoms with Crippen molar-refractivity contribution in [2.45, 2.75) is 44.2 Å². The summed E-state index contributed by atoms with van der Waals surface area (Å²) >= 11 is 0. The molecule has 1 atom stereocenters. The standard InChI is InChI=1S/C25H32N6O5/c26-16-5-9-30(10-6-16)22(33)7-8-28-11-13-29(14-12-28)17-1-2-18-19(15-17)25(36)31(24(18)35)20-3-4-21(32)27-23(20)34/h1-2,15-16,20H,3-14,26H2,(H,27,32,34). The molecule has 3 fully saturated rings. The maximum absolute atomic E-state index is 13.1. The molecule has 0 aliphatic carbocycles. The highest BCUT2D eigenvalue weighted by molar-refractivity contribution is 6.23. The Balaban J connectivity index is 1.16. The number of benzene rings is 1. The Morgan fingerprint density at radius 3 is 2.31 bits per heavy atom. The number of nitrogens with zero attached hydrogens (tertiary/aromatic N) is 4. The molecule has 5 rings (SSSR count). The van der Waals surface area contributed by atoms with Gasteiger partial charge in [0.1, 0.15) is 6.04 Å². The number of nitrogens with two attached hydrogens (primary N) is 1. The second-order valence-corrected chi connectivity index (χ2v) is 9.97. The Hall–Kier alpha value is -3.31. The summed E-state index contributed by atoms with van der Waals surface area (Å²) in [6, 6.07) is 4.44. The van der Waals surface area contributed by atoms with Gasteiger partial charge in [-0.2, -0.15) is 0 Å². The summed E-state index contributed by atoms with van der Waals surface area (Å²) < 4.78 is 0. The van der Waals surface area contributed by atoms with E-state index in [1.807, 2.05) is 11.0 Å². The fourth-order valence-electron chi connectivity index (χ4n) is 5.45. The van der Waals surface area contributed by atoms with E-state index in [0.717, 1.165) is 62.7 Å². The molecule has 4 heterocycles. The van der Waals surface area contributed by atoms with Gasteiger partial charge < -0.3 is 15.5 Å². The van der Waals surface area contributed by atoms with Gasteiger partial charge in [0.25, 0.3) is 11.8 Å². The van der Waals surface area contributed by atoms with Gasteiger partial charge in [-0.05, 0) is 37.5 Å². The van der Waals surface area contributed by atoms with E-state index < -0.39 is 29.7 Å². The zero-order valence-electron chi connectivity index (χ0n) is 20.3. The first-order chi connectivity index (χ1) is 17.3. The van der Waals surface area contributed by atoms with Crippen LogP contribution in [0.2, 0.25) is 0 Å². The number of hydrogen-bond donors (Lipinski definition) is 2. The second-order valence-electron chi connectivity index (χ2n) is 9.97. The van der Waals surface area contributed by atoms with Crippen molar-refractivity contribution in [2.24, 2.45) is 5.73 Å². The number of imide groups is 2. The summed E-state index contributed by atoms with van der Waals surface area (Å²) in [5.41, 5.74) is 7.35. The third-order valence-corrected chi connectivity index (χ3v) is 7.70. The molecule has 0 spiro atoms. The summed E-state index contributed by atoms with van der Waals surface area (Å²) in [4.78, 5) is 69.6. The zero-order valence-corrected chi connectivity index (χ0v) is 20.3. The van der Waals surface area contributed by atoms with Crippen LogP contribution in [0.5, 0.6) is 0 Å². The van der Waals surface area contributed by atoms with Gasteiger partial charge >= 0.3 is 0 Å². The highest BCUT2D eigenvalue weighted by Crippen LogP contribution is 2.31. The third kappa shape index (κ3) is 4.72. The first-order valence-corrected chi connectivity index (χ1v) is 12.7. The van der Waals surface area contributed by atoms with Gasteiger partial charge in [0, 0.05) is 70.4 Å². The first kappa shape index (κ1) is 24.4. The lowest BCUT2D eigenvalue weighted by Crippen LogP contribution is -2.54. The molecule has 4 aliphatic rings. The summed E-state index contributed by atoms with van der Waals surface area (Å²) in [5.74, 6) is -1.82. The van der Waals surface area contributed by atoms with E-state index in [1.165, 1.54) is 0 Å². The Morgan fingerprint density at radius 2 is 1.61 bits per heavy atom. The van der Waals surface area contributed by atoms with Gasteiger partial charge in [0.15, 0.2) is 0 Å². The van der Waals surface area contributed by atoms with Gasteiger partial charge in [0.2, 0.25) is 17.7 Å². The molecule has 3 N–H and O–H groups in total. The molecule has 11 heteroatoms. The summed E-state index contributed by atoms with van der Waals surface area (Å²) in [6.07, 6.45) is 2.46. The number of likely N-dealkylation sites (tertiary alicyclic amines) is 1. The topological polar surface area (TPSA) is 136 Å². The van der Waals surface area contributed by atoms with E-state index >= 15 is 0 Å². The number of carbonyl (C=O) groups is 5. The van der Waals surface area contributed by atoms with Gasteiger partial charge in [0.05, 0.1) is 11.1 Å². The quantitative estimate of drug-likeness (QED) is 0.523. The fraction of sp³-hybridized carbons (Fsp3) is 0.560. The monoisotopic (exact) mass is 496 g/mol. The lowest BCUT2D eigenvalue weighted by molar-refractivity contribution is -0.136. The predicted molar refractivity (Wildman–Crippen MR) is 130 cm³/mol. The molecular formula is C25H32N6O5. The van der Waals surface area contributed by atoms with E-state index in [9.17, 15) is 24.0 Å². The SMILES string of the molecule is NC1CCN(C(=O)CCN2CCN(c3ccc4c(c3)C(=O)N(C3CCC(=O)NC3=O)C4=O)CC2)CC1. The number of nitrogens with one attached hydrogen (secondary N) is 1. The Kier molecular flexibility index (Phi) is 6.76. The Morgan fingerprint density at radius 1 is 0.917 bits per heavy atom. The van der Waals surface area contributed by atoms with Crippen LogP contribution < -0.4 is 16.0 Å². The van der Waals surface area contributed by atoms with Crippen molar-refractivity contribution >= 4 is 35.2 Å². The molecule has 0 aromatic heterocycles. The van der Waals surface area contributed by atoms with E-state index in [0.29, 0.717) is 13.0 Å². The van der Waals surface area contributed by atoms with Crippen molar-refractivity contribution in [1.29, 1.82) is 0 Å². The van der Waals surface area contributed by atoms with Crippen LogP contribution in [0.1, 0.15) is 52.8 Å². The van der Waals surface area contributed by atoms with E-state index in [2.05, 4.69) is 15.1 Å². The number of piperazine rings is 1. The van der Waals surface area contributed by atoms with Gasteiger partial charge in [-0.1, -0.05) is 0 Å². The van der Waals surface area contributed by atoms with Gasteiger partial charge in [-0.25, -0.2) is 0 Å². The van der Waals surface area contributed by atoms with Gasteiger partial charge in [-0.3, -0.25) is 39.1 Å². The van der Waals surface area contributed by atoms with Crippen molar-refractivity contribution in [1.82, 2.24) is 20.0 Å². The van der Waals surface area contributed by atoms with Crippen LogP contribution in [0.25, 0.3) is 0 Å². The molecule has 3 saturated heterocycles. The molecule has 1 aromatic rings. The molecule has 11 nitrogen and oxygen atoms in total. The summed E-state index contributed by atoms with van der Waals surface area (Å²) in [5, 5.41) is 2.21. The molecule has 5 amide bonds. The van der Waals surface area contributed by atoms with Crippen LogP contribution in [-0.4, -0.2) is 102 Å². The molecular weight excluding hydrogens is 464 g/mol. The number of anilines is 1. The largest absolute Gasteiger partial charge is 0.369 e. The number of carbonyl (C=O) groups excluding carboxylic acids is 5. The molecule has 4 aliphatic heterocycles. The van der Waals surface area contributed by atoms with Crippen LogP contribution in [0.4, 0.5) is 5.69 Å². The average molecular weight is 497 g/mol. The van der Waals surface area contributed by atoms with E-state index in [4.69, 9.17) is 5.73 Å². The van der Waals surface area contributed by atoms with E-state index in [-0.39, 0.29) is 35.9 Å². The number of fused-ring (bicyclic) bond motifs is 1. The zero-order chi connectivity index (χ0) is 25.4. The lowest BCUT2D eigenvalue weighted by Gasteiger charge is -2.36. The Bertz CT molecular complexity index is 1090. The number of amides is 5. The van der Waals surface area contributed by atoms with Crippen molar-refractivity contribution < 1.29 is 24.0 Å². The average Bonchev–Trinajstić information content (AvgIpc) is 3.12. The van der Waals surface area contributed by atoms with Crippen LogP contribution >= 0.6 is 0 Å². The predicted octanol–water partition coefficient (Wildman–Crippen LogP) is -0.450. The minimum Gasteiger partial charge on any atom is -0.369 e. The normalized spacial score (nSPS) is 23.8. The van der Waals surface area contributed by atoms with Crippen LogP contribution in [0.3, 0.4) is 0 Å². The van der Waals surface area contributed by atoms with E-state index in [1.54, 1.807) is 12.1 Å². The highest BCUT2D eigenvalue weighted by atomic mass is 16.2. The minimum atomic E-state index is -0.966. The van der Waals surface area contributed by atoms with Crippen LogP contribution in [0.15, 0.2) is 18.2 Å². The summed E-state index contributed by atoms with van der Waals surface area (Å²) in [6.45, 7) is 5.28. The number of hydrogen-bond acceptors (Lipinski definition) is 8. The number of rotatable bonds is 5. The minimum absolute atomic E-state index is 0.0944.